The van der Waals surface area contributed by atoms with Crippen molar-refractivity contribution in [3.63, 3.8) is 0 Å². The molecule has 3 aliphatic heterocycles. The summed E-state index contributed by atoms with van der Waals surface area (Å²) in [5.74, 6) is -18.3. The number of nitrogens with zero attached hydrogens (tertiary/aromatic N) is 9. The Bertz CT molecular complexity index is 5320. The molecule has 710 valence electrons. The number of H-pyrrole nitrogens is 2. The second-order valence-electron chi connectivity index (χ2n) is 33.3. The molecule has 45 heteroatoms. The minimum Gasteiger partial charge on any atom is -0.508 e. The van der Waals surface area contributed by atoms with E-state index in [-0.39, 0.29) is 80.9 Å². The molecule has 132 heavy (non-hydrogen) atoms. The number of aromatic amines is 2. The van der Waals surface area contributed by atoms with Crippen LogP contribution in [0.15, 0.2) is 96.9 Å². The molecule has 3 aliphatic rings. The molecule has 7 aromatic rings. The number of thiophene rings is 1. The molecule has 0 radical (unpaired) electrons. The van der Waals surface area contributed by atoms with Crippen molar-refractivity contribution in [2.24, 2.45) is 23.1 Å². The van der Waals surface area contributed by atoms with Gasteiger partial charge in [-0.05, 0) is 115 Å². The summed E-state index contributed by atoms with van der Waals surface area (Å²) in [4.78, 5) is 261. The first kappa shape index (κ1) is 101. The molecule has 20 N–H and O–H groups in total. The van der Waals surface area contributed by atoms with Gasteiger partial charge in [0.15, 0.2) is 11.6 Å². The number of nitrogens with one attached hydrogen (secondary N) is 11. The number of hydrogen-bond donors (Lipinski definition) is 17. The Labute approximate surface area is 767 Å². The molecule has 10 rings (SSSR count). The lowest BCUT2D eigenvalue weighted by Crippen LogP contribution is -2.60. The van der Waals surface area contributed by atoms with Crippen LogP contribution in [-0.4, -0.2) is 295 Å². The van der Waals surface area contributed by atoms with Crippen molar-refractivity contribution >= 4 is 144 Å². The summed E-state index contributed by atoms with van der Waals surface area (Å²) in [6.45, 7) is 3.89. The standard InChI is InChI=1S/C87H115N23O20S2/c1-7-9-19-65-82(125)95-46(3)76(119)102-64(79(122)93-39-73(90)117)43-131-44-74(118)96-59(30-48-23-25-53(112)26-24-48)75-103-104-105-110(75)47(4)77(120)99-62(36-72(89)116)86(129)108-29-15-21-66(108)83(126)98-60(34-52-38-91-45-94-52)80(123)97-58(27-28-71(88)115)85(128)109-40-54(113)35-68(109)69(114)33-49(31-50-37-92-57-18-13-11-16-55(50)57)78(121)101-63(41-111)81(124)100-61(32-51-42-132-70-22-14-12-17-56(51)70)84(127)107(6)67(20-10-8-2)87(130)106(65)5/h11-14,16-18,22-26,37-38,42,45-47,49,54,58-68,92,111-113H,7-10,15,19-21,27-36,39-41,43-44H2,1-6H3,(H2,88,115)(H2,89,116)(H2,90,117)(H,91,94)(H,93,122)(H,95,125)(H,96,118)(H,97,123)(H,98,126)(H,99,120)(H,100,124)(H,101,121)(H,102,119)/t46-,47-,49+,54+,58-,59-,60-,61-,62-,63-,64-,65-,66-,67-,68-/m0/s1. The molecule has 16 amide bonds. The first-order valence-electron chi connectivity index (χ1n) is 43.7. The summed E-state index contributed by atoms with van der Waals surface area (Å²) in [7, 11) is 2.72. The van der Waals surface area contributed by atoms with Gasteiger partial charge in [-0.25, -0.2) is 9.67 Å². The zero-order valence-corrected chi connectivity index (χ0v) is 75.6. The van der Waals surface area contributed by atoms with E-state index in [2.05, 4.69) is 78.3 Å². The van der Waals surface area contributed by atoms with E-state index in [1.807, 2.05) is 32.0 Å². The van der Waals surface area contributed by atoms with Crippen LogP contribution in [0.4, 0.5) is 0 Å². The number of aliphatic hydroxyl groups is 2. The number of tetrazole rings is 1. The molecule has 0 spiro atoms. The van der Waals surface area contributed by atoms with Crippen LogP contribution >= 0.6 is 23.1 Å². The number of hydrogen-bond acceptors (Lipinski definition) is 26. The topological polar surface area (TPSA) is 638 Å². The normalized spacial score (nSPS) is 24.9. The number of phenolic OH excluding ortho intramolecular Hbond substituents is 1. The number of benzene rings is 3. The van der Waals surface area contributed by atoms with Gasteiger partial charge < -0.3 is 110 Å². The highest BCUT2D eigenvalue weighted by atomic mass is 32.2. The lowest BCUT2D eigenvalue weighted by Gasteiger charge is -2.36. The molecule has 0 unspecified atom stereocenters. The minimum atomic E-state index is -1.86. The smallest absolute Gasteiger partial charge is 0.246 e. The zero-order valence-electron chi connectivity index (χ0n) is 74.0. The number of aromatic hydroxyl groups is 1. The number of primary amides is 3. The van der Waals surface area contributed by atoms with Crippen LogP contribution in [0.5, 0.6) is 5.75 Å². The summed E-state index contributed by atoms with van der Waals surface area (Å²) in [5.41, 5.74) is 19.2. The zero-order chi connectivity index (χ0) is 95.7. The number of ketones is 1. The first-order chi connectivity index (χ1) is 63.1. The Morgan fingerprint density at radius 3 is 1.95 bits per heavy atom. The van der Waals surface area contributed by atoms with Crippen LogP contribution in [0.3, 0.4) is 0 Å². The number of rotatable bonds is 23. The molecule has 2 fully saturated rings. The quantitative estimate of drug-likeness (QED) is 0.0328. The van der Waals surface area contributed by atoms with E-state index in [1.165, 1.54) is 76.1 Å². The molecule has 4 aromatic heterocycles. The molecule has 0 bridgehead atoms. The molecule has 0 aliphatic carbocycles. The maximum absolute atomic E-state index is 15.7. The largest absolute Gasteiger partial charge is 0.508 e. The number of carbonyl (C=O) groups is 17. The predicted molar refractivity (Wildman–Crippen MR) is 479 cm³/mol. The number of Topliss-reactive ketones (excluding diaryl/α,β-unsaturated/α-hetero) is 1. The van der Waals surface area contributed by atoms with Crippen molar-refractivity contribution in [1.82, 2.24) is 103 Å². The van der Waals surface area contributed by atoms with Crippen molar-refractivity contribution in [1.29, 1.82) is 0 Å². The molecule has 15 atom stereocenters. The Balaban J connectivity index is 1.01. The third kappa shape index (κ3) is 26.7. The van der Waals surface area contributed by atoms with E-state index < -0.39 is 248 Å². The van der Waals surface area contributed by atoms with Crippen LogP contribution in [0.2, 0.25) is 0 Å². The SMILES string of the molecule is CCCC[C@H]1C(=O)N(C)[C@@H](CCCC)C(=O)N[C@@H](C)C(=O)N[C@H](C(=O)NCC(N)=O)CSCC(=O)N[C@@H](Cc2ccc(O)cc2)c2nnnn2[C@@H](C)C(=O)N[C@@H](CC(N)=O)C(=O)N2CCC[C@H]2C(=O)N[C@@H](Cc2c[nH]cn2)C(=O)N[C@@H](CCC(N)=O)C(=O)N2C[C@H](O)C[C@H]2C(=O)C[C@@H](Cc2c[nH]c3ccccc23)C(=O)N[C@@H](CO)C(=O)N[C@@H](Cc2csc3ccccc23)C(=O)N1C. The van der Waals surface area contributed by atoms with Gasteiger partial charge in [-0.3, -0.25) is 81.5 Å². The lowest BCUT2D eigenvalue weighted by atomic mass is 9.90. The molecule has 0 saturated carbocycles. The average molecular weight is 1870 g/mol. The molecular formula is C87H115N23O20S2. The number of likely N-dealkylation sites (N-methyl/N-ethyl adjacent to an activating group) is 2. The van der Waals surface area contributed by atoms with E-state index in [0.717, 1.165) is 40.7 Å². The number of phenols is 1. The van der Waals surface area contributed by atoms with Crippen molar-refractivity contribution in [3.05, 3.63) is 125 Å². The summed E-state index contributed by atoms with van der Waals surface area (Å²) < 4.78 is 1.84. The average Bonchev–Trinajstić information content (AvgIpc) is 1.57. The Kier molecular flexibility index (Phi) is 36.3. The lowest BCUT2D eigenvalue weighted by molar-refractivity contribution is -0.149. The van der Waals surface area contributed by atoms with Gasteiger partial charge >= 0.3 is 0 Å². The van der Waals surface area contributed by atoms with Crippen LogP contribution in [0, 0.1) is 5.92 Å². The van der Waals surface area contributed by atoms with Gasteiger partial charge in [0.25, 0.3) is 0 Å². The number of amides is 16. The number of thioether (sulfide) groups is 1. The van der Waals surface area contributed by atoms with Crippen molar-refractivity contribution in [2.75, 3.05) is 51.8 Å². The highest BCUT2D eigenvalue weighted by Gasteiger charge is 2.47. The summed E-state index contributed by atoms with van der Waals surface area (Å²) in [5, 5.41) is 71.7. The molecule has 7 heterocycles. The maximum atomic E-state index is 15.7. The summed E-state index contributed by atoms with van der Waals surface area (Å²) >= 11 is 2.17. The van der Waals surface area contributed by atoms with Gasteiger partial charge in [-0.1, -0.05) is 88.1 Å². The van der Waals surface area contributed by atoms with Crippen molar-refractivity contribution < 1.29 is 96.8 Å². The van der Waals surface area contributed by atoms with Gasteiger partial charge in [0.05, 0.1) is 55.5 Å². The van der Waals surface area contributed by atoms with E-state index in [0.29, 0.717) is 58.7 Å². The Morgan fingerprint density at radius 1 is 0.606 bits per heavy atom. The number of unbranched alkanes of at least 4 members (excludes halogenated alkanes) is 2. The fourth-order valence-corrected chi connectivity index (χ4v) is 18.2. The Morgan fingerprint density at radius 2 is 1.27 bits per heavy atom. The summed E-state index contributed by atoms with van der Waals surface area (Å²) in [6.07, 6.45) is 0.894. The Hall–Kier alpha value is -13.3. The van der Waals surface area contributed by atoms with E-state index >= 15 is 33.6 Å². The second-order valence-corrected chi connectivity index (χ2v) is 35.2. The first-order valence-corrected chi connectivity index (χ1v) is 45.7. The fraction of sp³-hybridized carbons (Fsp3) is 0.506. The molecule has 43 nitrogen and oxygen atoms in total. The number of fused-ring (bicyclic) bond motifs is 5. The number of aliphatic hydroxyl groups excluding tert-OH is 2. The van der Waals surface area contributed by atoms with Crippen molar-refractivity contribution in [2.45, 2.75) is 221 Å². The van der Waals surface area contributed by atoms with E-state index in [4.69, 9.17) is 17.2 Å². The predicted octanol–water partition coefficient (Wildman–Crippen LogP) is -2.06. The van der Waals surface area contributed by atoms with Crippen LogP contribution in [0.25, 0.3) is 21.0 Å². The highest BCUT2D eigenvalue weighted by Crippen LogP contribution is 2.32. The third-order valence-corrected chi connectivity index (χ3v) is 25.6. The highest BCUT2D eigenvalue weighted by molar-refractivity contribution is 8.00. The number of imidazole rings is 1. The summed E-state index contributed by atoms with van der Waals surface area (Å²) in [6, 6.07) is 0.178. The molecule has 3 aromatic carbocycles. The van der Waals surface area contributed by atoms with Crippen molar-refractivity contribution in [3.8, 4) is 5.75 Å². The molecular weight excluding hydrogens is 1750 g/mol. The maximum Gasteiger partial charge on any atom is 0.246 e. The van der Waals surface area contributed by atoms with Crippen LogP contribution in [0.1, 0.15) is 151 Å². The van der Waals surface area contributed by atoms with E-state index in [1.54, 1.807) is 41.9 Å². The van der Waals surface area contributed by atoms with Gasteiger partial charge in [0.2, 0.25) is 94.5 Å². The number of nitrogens with two attached hydrogens (primary N) is 3. The third-order valence-electron chi connectivity index (χ3n) is 23.6. The number of aromatic nitrogens is 7. The van der Waals surface area contributed by atoms with Gasteiger partial charge in [0.1, 0.15) is 72.2 Å². The van der Waals surface area contributed by atoms with Gasteiger partial charge in [-0.2, -0.15) is 0 Å². The number of para-hydroxylation sites is 1. The fourth-order valence-electron chi connectivity index (χ4n) is 16.3. The van der Waals surface area contributed by atoms with E-state index in [9.17, 15) is 63.3 Å². The minimum absolute atomic E-state index is 0.0226. The van der Waals surface area contributed by atoms with Crippen LogP contribution in [-0.2, 0) is 107 Å². The van der Waals surface area contributed by atoms with Gasteiger partial charge in [0, 0.05) is 105 Å². The molecule has 2 saturated heterocycles. The monoisotopic (exact) mass is 1870 g/mol. The van der Waals surface area contributed by atoms with Crippen LogP contribution < -0.4 is 65.1 Å². The van der Waals surface area contributed by atoms with Gasteiger partial charge in [-0.15, -0.1) is 28.2 Å². The number of carbonyl (C=O) groups excluding carboxylic acids is 17. The second kappa shape index (κ2) is 47.5.